The van der Waals surface area contributed by atoms with Crippen molar-refractivity contribution in [3.05, 3.63) is 75.2 Å². The second-order valence-electron chi connectivity index (χ2n) is 9.04. The normalized spacial score (nSPS) is 13.1. The number of rotatable bonds is 12. The Hall–Kier alpha value is -3.98. The summed E-state index contributed by atoms with van der Waals surface area (Å²) in [5, 5.41) is 19.0. The molecule has 0 spiro atoms. The molecule has 2 unspecified atom stereocenters. The van der Waals surface area contributed by atoms with E-state index in [1.807, 2.05) is 0 Å². The Labute approximate surface area is 241 Å². The number of hydrogen-bond acceptors (Lipinski definition) is 6. The lowest BCUT2D eigenvalue weighted by Gasteiger charge is -2.19. The minimum Gasteiger partial charge on any atom is -0.449 e. The topological polar surface area (TPSA) is 127 Å². The van der Waals surface area contributed by atoms with Crippen LogP contribution in [0, 0.1) is 0 Å². The Morgan fingerprint density at radius 3 is 2.43 bits per heavy atom. The van der Waals surface area contributed by atoms with Crippen LogP contribution in [0.4, 0.5) is 26.7 Å². The van der Waals surface area contributed by atoms with Crippen molar-refractivity contribution in [2.75, 3.05) is 19.7 Å². The maximum atomic E-state index is 13.3. The molecule has 3 N–H and O–H groups in total. The number of nitrogens with zero attached hydrogens (tertiary/aromatic N) is 3. The third-order valence-corrected chi connectivity index (χ3v) is 6.20. The first-order chi connectivity index (χ1) is 19.8. The van der Waals surface area contributed by atoms with Crippen LogP contribution in [-0.4, -0.2) is 63.7 Å². The number of nitrogens with one attached hydrogen (secondary N) is 2. The van der Waals surface area contributed by atoms with Gasteiger partial charge in [-0.2, -0.15) is 13.2 Å². The zero-order valence-corrected chi connectivity index (χ0v) is 22.8. The largest absolute Gasteiger partial charge is 0.449 e. The Morgan fingerprint density at radius 1 is 1.12 bits per heavy atom. The first kappa shape index (κ1) is 32.5. The van der Waals surface area contributed by atoms with Crippen LogP contribution < -0.4 is 16.3 Å². The fourth-order valence-electron chi connectivity index (χ4n) is 3.83. The molecular formula is C26H27ClF5N5O5. The van der Waals surface area contributed by atoms with Gasteiger partial charge in [-0.3, -0.25) is 9.36 Å². The molecule has 3 rings (SSSR count). The fourth-order valence-corrected chi connectivity index (χ4v) is 3.96. The maximum absolute atomic E-state index is 13.3. The molecule has 10 nitrogen and oxygen atoms in total. The van der Waals surface area contributed by atoms with Gasteiger partial charge >= 0.3 is 18.0 Å². The highest BCUT2D eigenvalue weighted by molar-refractivity contribution is 6.30. The van der Waals surface area contributed by atoms with Gasteiger partial charge in [0.1, 0.15) is 19.3 Å². The van der Waals surface area contributed by atoms with E-state index in [0.29, 0.717) is 15.3 Å². The van der Waals surface area contributed by atoms with Gasteiger partial charge in [0.2, 0.25) is 5.91 Å². The smallest absolute Gasteiger partial charge is 0.416 e. The Morgan fingerprint density at radius 2 is 1.81 bits per heavy atom. The highest BCUT2D eigenvalue weighted by Gasteiger charge is 2.31. The zero-order valence-electron chi connectivity index (χ0n) is 22.1. The maximum Gasteiger partial charge on any atom is 0.416 e. The number of aliphatic hydroxyl groups excluding tert-OH is 1. The standard InChI is InChI=1S/C26H27ClF5N5O5/c1-2-33-24(40)42-14-17(16-4-3-5-18(10-16)26(30,31)32)11-34-21(39)13-37-25(41)36(12-20(38)22(28)29)23(35-37)15-6-8-19(27)9-7-15/h3-10,17,20,22,38H,2,11-14H2,1H3,(H,33,40)(H,34,39). The van der Waals surface area contributed by atoms with Gasteiger partial charge in [-0.25, -0.2) is 23.1 Å². The second-order valence-corrected chi connectivity index (χ2v) is 9.47. The minimum atomic E-state index is -4.63. The lowest BCUT2D eigenvalue weighted by atomic mass is 9.97. The first-order valence-corrected chi connectivity index (χ1v) is 12.9. The number of hydrogen-bond donors (Lipinski definition) is 3. The molecule has 1 heterocycles. The molecule has 0 saturated heterocycles. The summed E-state index contributed by atoms with van der Waals surface area (Å²) in [5.41, 5.74) is -1.48. The van der Waals surface area contributed by atoms with Crippen molar-refractivity contribution in [2.45, 2.75) is 44.6 Å². The van der Waals surface area contributed by atoms with Gasteiger partial charge in [-0.1, -0.05) is 29.8 Å². The van der Waals surface area contributed by atoms with Crippen molar-refractivity contribution in [3.8, 4) is 11.4 Å². The molecule has 0 aliphatic rings. The molecule has 2 aromatic carbocycles. The molecule has 0 radical (unpaired) electrons. The second kappa shape index (κ2) is 14.3. The monoisotopic (exact) mass is 619 g/mol. The fraction of sp³-hybridized carbons (Fsp3) is 0.385. The van der Waals surface area contributed by atoms with Crippen molar-refractivity contribution in [3.63, 3.8) is 0 Å². The number of ether oxygens (including phenoxy) is 1. The highest BCUT2D eigenvalue weighted by atomic mass is 35.5. The molecule has 42 heavy (non-hydrogen) atoms. The average molecular weight is 620 g/mol. The number of carbonyl (C=O) groups excluding carboxylic acids is 2. The molecule has 1 aromatic heterocycles. The predicted molar refractivity (Wildman–Crippen MR) is 141 cm³/mol. The van der Waals surface area contributed by atoms with Gasteiger partial charge in [0.15, 0.2) is 5.82 Å². The molecule has 0 aliphatic carbocycles. The van der Waals surface area contributed by atoms with Crippen LogP contribution in [-0.2, 0) is 28.8 Å². The van der Waals surface area contributed by atoms with Crippen molar-refractivity contribution in [2.24, 2.45) is 0 Å². The molecule has 2 amide bonds. The molecule has 2 atom stereocenters. The lowest BCUT2D eigenvalue weighted by Crippen LogP contribution is -2.38. The van der Waals surface area contributed by atoms with Crippen LogP contribution in [0.1, 0.15) is 24.0 Å². The number of alkyl halides is 5. The lowest BCUT2D eigenvalue weighted by molar-refractivity contribution is -0.137. The van der Waals surface area contributed by atoms with Crippen LogP contribution in [0.15, 0.2) is 53.3 Å². The van der Waals surface area contributed by atoms with Crippen molar-refractivity contribution in [1.29, 1.82) is 0 Å². The molecule has 0 aliphatic heterocycles. The van der Waals surface area contributed by atoms with E-state index in [9.17, 15) is 41.4 Å². The van der Waals surface area contributed by atoms with E-state index in [1.54, 1.807) is 6.92 Å². The van der Waals surface area contributed by atoms with Crippen molar-refractivity contribution < 1.29 is 41.4 Å². The van der Waals surface area contributed by atoms with E-state index >= 15 is 0 Å². The van der Waals surface area contributed by atoms with Gasteiger partial charge in [-0.15, -0.1) is 5.10 Å². The SMILES string of the molecule is CCNC(=O)OCC(CNC(=O)Cn1nc(-c2ccc(Cl)cc2)n(CC(O)C(F)F)c1=O)c1cccc(C(F)(F)F)c1. The molecular weight excluding hydrogens is 593 g/mol. The molecule has 228 valence electrons. The van der Waals surface area contributed by atoms with Crippen LogP contribution in [0.2, 0.25) is 5.02 Å². The van der Waals surface area contributed by atoms with Crippen LogP contribution >= 0.6 is 11.6 Å². The Bertz CT molecular complexity index is 1430. The highest BCUT2D eigenvalue weighted by Crippen LogP contribution is 2.31. The zero-order chi connectivity index (χ0) is 31.0. The van der Waals surface area contributed by atoms with Gasteiger partial charge in [0.25, 0.3) is 6.43 Å². The number of benzene rings is 2. The molecule has 0 saturated carbocycles. The molecule has 16 heteroatoms. The van der Waals surface area contributed by atoms with Crippen LogP contribution in [0.3, 0.4) is 0 Å². The summed E-state index contributed by atoms with van der Waals surface area (Å²) in [6.07, 6.45) is -10.8. The van der Waals surface area contributed by atoms with Gasteiger partial charge in [-0.05, 0) is 42.8 Å². The summed E-state index contributed by atoms with van der Waals surface area (Å²) in [4.78, 5) is 37.6. The summed E-state index contributed by atoms with van der Waals surface area (Å²) in [6.45, 7) is -0.287. The summed E-state index contributed by atoms with van der Waals surface area (Å²) < 4.78 is 72.5. The van der Waals surface area contributed by atoms with Crippen LogP contribution in [0.25, 0.3) is 11.4 Å². The van der Waals surface area contributed by atoms with E-state index in [-0.39, 0.29) is 31.1 Å². The van der Waals surface area contributed by atoms with Crippen molar-refractivity contribution >= 4 is 23.6 Å². The van der Waals surface area contributed by atoms with E-state index in [1.165, 1.54) is 36.4 Å². The van der Waals surface area contributed by atoms with E-state index in [0.717, 1.165) is 16.7 Å². The molecule has 0 bridgehead atoms. The summed E-state index contributed by atoms with van der Waals surface area (Å²) in [7, 11) is 0. The van der Waals surface area contributed by atoms with Crippen LogP contribution in [0.5, 0.6) is 0 Å². The third kappa shape index (κ3) is 8.76. The summed E-state index contributed by atoms with van der Waals surface area (Å²) in [6, 6.07) is 10.2. The van der Waals surface area contributed by atoms with Gasteiger partial charge in [0.05, 0.1) is 12.1 Å². The number of alkyl carbamates (subject to hydrolysis) is 1. The number of aliphatic hydroxyl groups is 1. The summed E-state index contributed by atoms with van der Waals surface area (Å²) in [5.74, 6) is -1.81. The Balaban J connectivity index is 1.82. The average Bonchev–Trinajstić information content (AvgIpc) is 3.23. The number of halogens is 6. The molecule has 3 aromatic rings. The predicted octanol–water partition coefficient (Wildman–Crippen LogP) is 3.66. The quantitative estimate of drug-likeness (QED) is 0.266. The first-order valence-electron chi connectivity index (χ1n) is 12.5. The van der Waals surface area contributed by atoms with Gasteiger partial charge < -0.3 is 20.5 Å². The van der Waals surface area contributed by atoms with E-state index in [4.69, 9.17) is 16.3 Å². The van der Waals surface area contributed by atoms with E-state index < -0.39 is 61.0 Å². The molecule has 0 fully saturated rings. The van der Waals surface area contributed by atoms with Crippen molar-refractivity contribution in [1.82, 2.24) is 25.0 Å². The third-order valence-electron chi connectivity index (χ3n) is 5.95. The van der Waals surface area contributed by atoms with Gasteiger partial charge in [0, 0.05) is 29.6 Å². The van der Waals surface area contributed by atoms with E-state index in [2.05, 4.69) is 15.7 Å². The summed E-state index contributed by atoms with van der Waals surface area (Å²) >= 11 is 5.89. The minimum absolute atomic E-state index is 0.110. The number of amides is 2. The number of aromatic nitrogens is 3. The Kier molecular flexibility index (Phi) is 11.1. The number of carbonyl (C=O) groups is 2.